The lowest BCUT2D eigenvalue weighted by atomic mass is 10.2. The fourth-order valence-corrected chi connectivity index (χ4v) is 4.50. The van der Waals surface area contributed by atoms with Gasteiger partial charge in [0.05, 0.1) is 5.69 Å². The molecule has 0 bridgehead atoms. The normalized spacial score (nSPS) is 18.3. The smallest absolute Gasteiger partial charge is 0.225 e. The minimum absolute atomic E-state index is 0.0740. The number of hydrogen-bond acceptors (Lipinski definition) is 3. The maximum absolute atomic E-state index is 12.2. The summed E-state index contributed by atoms with van der Waals surface area (Å²) in [7, 11) is 0. The Morgan fingerprint density at radius 2 is 2.17 bits per heavy atom. The summed E-state index contributed by atoms with van der Waals surface area (Å²) in [5.41, 5.74) is 0.837. The Morgan fingerprint density at radius 1 is 1.35 bits per heavy atom. The maximum atomic E-state index is 12.2. The summed E-state index contributed by atoms with van der Waals surface area (Å²) >= 11 is 5.34. The zero-order valence-corrected chi connectivity index (χ0v) is 15.6. The van der Waals surface area contributed by atoms with Gasteiger partial charge >= 0.3 is 0 Å². The zero-order chi connectivity index (χ0) is 16.2. The number of para-hydroxylation sites is 1. The van der Waals surface area contributed by atoms with Crippen molar-refractivity contribution in [2.45, 2.75) is 32.2 Å². The van der Waals surface area contributed by atoms with Crippen LogP contribution in [0.4, 0.5) is 5.69 Å². The molecule has 2 heterocycles. The van der Waals surface area contributed by atoms with E-state index >= 15 is 0 Å². The third-order valence-corrected chi connectivity index (χ3v) is 6.02. The minimum atomic E-state index is 0.0740. The van der Waals surface area contributed by atoms with Gasteiger partial charge in [-0.3, -0.25) is 9.69 Å². The molecule has 1 aromatic carbocycles. The molecule has 1 amide bonds. The third kappa shape index (κ3) is 4.22. The molecule has 0 radical (unpaired) electrons. The fraction of sp³-hybridized carbons (Fsp3) is 0.389. The topological polar surface area (TPSA) is 32.3 Å². The Hall–Kier alpha value is -1.17. The van der Waals surface area contributed by atoms with Crippen LogP contribution in [0.2, 0.25) is 0 Å². The monoisotopic (exact) mass is 392 g/mol. The van der Waals surface area contributed by atoms with Gasteiger partial charge in [-0.2, -0.15) is 0 Å². The van der Waals surface area contributed by atoms with Crippen LogP contribution in [0.3, 0.4) is 0 Å². The second-order valence-electron chi connectivity index (χ2n) is 5.92. The SMILES string of the molecule is Cc1ccc(C2CCCN2CCC(=O)Nc2ccccc2Br)s1. The number of hydrogen-bond donors (Lipinski definition) is 1. The predicted molar refractivity (Wildman–Crippen MR) is 100.0 cm³/mol. The van der Waals surface area contributed by atoms with Crippen LogP contribution < -0.4 is 5.32 Å². The van der Waals surface area contributed by atoms with Crippen molar-refractivity contribution in [3.05, 3.63) is 50.6 Å². The van der Waals surface area contributed by atoms with Gasteiger partial charge in [0.2, 0.25) is 5.91 Å². The predicted octanol–water partition coefficient (Wildman–Crippen LogP) is 4.98. The summed E-state index contributed by atoms with van der Waals surface area (Å²) in [6.07, 6.45) is 2.95. The molecule has 0 spiro atoms. The largest absolute Gasteiger partial charge is 0.325 e. The summed E-state index contributed by atoms with van der Waals surface area (Å²) in [6.45, 7) is 4.06. The molecule has 1 N–H and O–H groups in total. The van der Waals surface area contributed by atoms with Crippen molar-refractivity contribution in [1.82, 2.24) is 4.90 Å². The number of anilines is 1. The molecule has 23 heavy (non-hydrogen) atoms. The van der Waals surface area contributed by atoms with Crippen molar-refractivity contribution in [2.24, 2.45) is 0 Å². The molecule has 0 aliphatic carbocycles. The average Bonchev–Trinajstić information content (AvgIpc) is 3.16. The van der Waals surface area contributed by atoms with Gasteiger partial charge in [-0.15, -0.1) is 11.3 Å². The van der Waals surface area contributed by atoms with Crippen LogP contribution in [0, 0.1) is 6.92 Å². The second-order valence-corrected chi connectivity index (χ2v) is 8.09. The maximum Gasteiger partial charge on any atom is 0.225 e. The number of likely N-dealkylation sites (tertiary alicyclic amines) is 1. The van der Waals surface area contributed by atoms with Gasteiger partial charge in [-0.25, -0.2) is 0 Å². The van der Waals surface area contributed by atoms with Crippen molar-refractivity contribution >= 4 is 38.9 Å². The average molecular weight is 393 g/mol. The Balaban J connectivity index is 1.55. The Labute approximate surface area is 149 Å². The Morgan fingerprint density at radius 3 is 2.91 bits per heavy atom. The molecule has 2 aromatic rings. The number of rotatable bonds is 5. The van der Waals surface area contributed by atoms with Crippen LogP contribution in [0.15, 0.2) is 40.9 Å². The van der Waals surface area contributed by atoms with Crippen molar-refractivity contribution in [3.63, 3.8) is 0 Å². The lowest BCUT2D eigenvalue weighted by Crippen LogP contribution is -2.27. The molecule has 1 aliphatic rings. The molecule has 1 aliphatic heterocycles. The van der Waals surface area contributed by atoms with Crippen LogP contribution in [0.1, 0.15) is 35.1 Å². The van der Waals surface area contributed by atoms with E-state index in [4.69, 9.17) is 0 Å². The lowest BCUT2D eigenvalue weighted by Gasteiger charge is -2.23. The van der Waals surface area contributed by atoms with E-state index in [1.807, 2.05) is 35.6 Å². The van der Waals surface area contributed by atoms with E-state index in [0.717, 1.165) is 23.2 Å². The summed E-state index contributed by atoms with van der Waals surface area (Å²) in [6, 6.07) is 12.6. The van der Waals surface area contributed by atoms with Crippen molar-refractivity contribution in [2.75, 3.05) is 18.4 Å². The lowest BCUT2D eigenvalue weighted by molar-refractivity contribution is -0.116. The van der Waals surface area contributed by atoms with Gasteiger partial charge in [-0.1, -0.05) is 12.1 Å². The number of carbonyl (C=O) groups is 1. The molecule has 5 heteroatoms. The number of nitrogens with zero attached hydrogens (tertiary/aromatic N) is 1. The Bertz CT molecular complexity index is 685. The molecular formula is C18H21BrN2OS. The first-order chi connectivity index (χ1) is 11.1. The summed E-state index contributed by atoms with van der Waals surface area (Å²) in [4.78, 5) is 17.5. The second kappa shape index (κ2) is 7.60. The number of carbonyl (C=O) groups excluding carboxylic acids is 1. The number of thiophene rings is 1. The van der Waals surface area contributed by atoms with Gasteiger partial charge in [-0.05, 0) is 66.5 Å². The quantitative estimate of drug-likeness (QED) is 0.777. The van der Waals surface area contributed by atoms with Crippen molar-refractivity contribution in [3.8, 4) is 0 Å². The molecule has 1 unspecified atom stereocenters. The first-order valence-electron chi connectivity index (χ1n) is 7.98. The minimum Gasteiger partial charge on any atom is -0.325 e. The van der Waals surface area contributed by atoms with E-state index in [2.05, 4.69) is 45.2 Å². The Kier molecular flexibility index (Phi) is 5.51. The van der Waals surface area contributed by atoms with E-state index in [1.165, 1.54) is 22.6 Å². The highest BCUT2D eigenvalue weighted by atomic mass is 79.9. The molecule has 1 atom stereocenters. The molecular weight excluding hydrogens is 372 g/mol. The molecule has 1 aromatic heterocycles. The standard InChI is InChI=1S/C18H21BrN2OS/c1-13-8-9-17(23-13)16-7-4-11-21(16)12-10-18(22)20-15-6-3-2-5-14(15)19/h2-3,5-6,8-9,16H,4,7,10-12H2,1H3,(H,20,22). The molecule has 0 saturated carbocycles. The first kappa shape index (κ1) is 16.7. The van der Waals surface area contributed by atoms with Gasteiger partial charge in [0.15, 0.2) is 0 Å². The van der Waals surface area contributed by atoms with E-state index in [1.54, 1.807) is 0 Å². The van der Waals surface area contributed by atoms with E-state index in [-0.39, 0.29) is 5.91 Å². The van der Waals surface area contributed by atoms with E-state index < -0.39 is 0 Å². The molecule has 1 saturated heterocycles. The van der Waals surface area contributed by atoms with Crippen LogP contribution in [0.25, 0.3) is 0 Å². The van der Waals surface area contributed by atoms with Crippen molar-refractivity contribution < 1.29 is 4.79 Å². The van der Waals surface area contributed by atoms with Crippen LogP contribution in [0.5, 0.6) is 0 Å². The number of amides is 1. The number of halogens is 1. The van der Waals surface area contributed by atoms with Gasteiger partial charge in [0, 0.05) is 33.2 Å². The summed E-state index contributed by atoms with van der Waals surface area (Å²) < 4.78 is 0.918. The molecule has 3 nitrogen and oxygen atoms in total. The highest BCUT2D eigenvalue weighted by Crippen LogP contribution is 2.35. The molecule has 122 valence electrons. The van der Waals surface area contributed by atoms with Gasteiger partial charge in [0.1, 0.15) is 0 Å². The fourth-order valence-electron chi connectivity index (χ4n) is 3.07. The number of nitrogens with one attached hydrogen (secondary N) is 1. The van der Waals surface area contributed by atoms with Gasteiger partial charge < -0.3 is 5.32 Å². The molecule has 1 fully saturated rings. The number of benzene rings is 1. The van der Waals surface area contributed by atoms with Crippen LogP contribution in [-0.4, -0.2) is 23.9 Å². The highest BCUT2D eigenvalue weighted by molar-refractivity contribution is 9.10. The first-order valence-corrected chi connectivity index (χ1v) is 9.59. The van der Waals surface area contributed by atoms with E-state index in [9.17, 15) is 4.79 Å². The van der Waals surface area contributed by atoms with E-state index in [0.29, 0.717) is 12.5 Å². The van der Waals surface area contributed by atoms with Crippen LogP contribution in [-0.2, 0) is 4.79 Å². The molecule has 3 rings (SSSR count). The van der Waals surface area contributed by atoms with Gasteiger partial charge in [0.25, 0.3) is 0 Å². The number of aryl methyl sites for hydroxylation is 1. The van der Waals surface area contributed by atoms with Crippen molar-refractivity contribution in [1.29, 1.82) is 0 Å². The third-order valence-electron chi connectivity index (χ3n) is 4.23. The summed E-state index contributed by atoms with van der Waals surface area (Å²) in [5, 5.41) is 2.98. The van der Waals surface area contributed by atoms with Crippen LogP contribution >= 0.6 is 27.3 Å². The highest BCUT2D eigenvalue weighted by Gasteiger charge is 2.27. The summed E-state index contributed by atoms with van der Waals surface area (Å²) in [5.74, 6) is 0.0740. The zero-order valence-electron chi connectivity index (χ0n) is 13.2.